The number of aliphatic carboxylic acids is 1. The number of hydrogen-bond acceptors (Lipinski definition) is 2. The molecule has 0 saturated heterocycles. The van der Waals surface area contributed by atoms with Crippen molar-refractivity contribution in [1.29, 1.82) is 0 Å². The molecule has 0 aliphatic rings. The van der Waals surface area contributed by atoms with Crippen molar-refractivity contribution in [3.63, 3.8) is 0 Å². The number of hydrogen-bond donors (Lipinski definition) is 1. The number of carboxylic acid groups (broad SMARTS) is 1. The van der Waals surface area contributed by atoms with Crippen molar-refractivity contribution >= 4 is 5.97 Å². The quantitative estimate of drug-likeness (QED) is 0.524. The van der Waals surface area contributed by atoms with E-state index in [2.05, 4.69) is 19.8 Å². The molecular weight excluding hydrogens is 126 g/mol. The van der Waals surface area contributed by atoms with Gasteiger partial charge in [-0.1, -0.05) is 0 Å². The fraction of sp³-hybridized carbons (Fsp3) is 0.500. The van der Waals surface area contributed by atoms with Crippen LogP contribution >= 0.6 is 0 Å². The number of rotatable bonds is 2. The second kappa shape index (κ2) is 3.00. The van der Waals surface area contributed by atoms with Crippen LogP contribution in [0, 0.1) is 0 Å². The Kier molecular flexibility index (Phi) is 2.89. The zero-order valence-electron chi connectivity index (χ0n) is 2.86. The van der Waals surface area contributed by atoms with Crippen LogP contribution in [0.15, 0.2) is 3.96 Å². The normalized spacial score (nSPS) is 7.33. The topological polar surface area (TPSA) is 49.7 Å². The maximum atomic E-state index is 9.47. The Balaban J connectivity index is 3.05. The minimum atomic E-state index is -0.940. The standard InChI is InChI=1S/C2H3NO2.Fe/c3-1-2(4)5;/h1H2,(H,4,5);/q;+1. The van der Waals surface area contributed by atoms with E-state index in [-0.39, 0.29) is 6.54 Å². The molecule has 0 amide bonds. The van der Waals surface area contributed by atoms with Gasteiger partial charge in [-0.25, -0.2) is 0 Å². The molecule has 0 heterocycles. The van der Waals surface area contributed by atoms with Gasteiger partial charge < -0.3 is 0 Å². The van der Waals surface area contributed by atoms with Crippen molar-refractivity contribution in [3.8, 4) is 0 Å². The zero-order chi connectivity index (χ0) is 4.99. The van der Waals surface area contributed by atoms with E-state index in [1.165, 1.54) is 0 Å². The van der Waals surface area contributed by atoms with E-state index in [9.17, 15) is 4.79 Å². The summed E-state index contributed by atoms with van der Waals surface area (Å²) < 4.78 is 3.09. The average molecular weight is 129 g/mol. The molecule has 0 spiro atoms. The predicted molar refractivity (Wildman–Crippen MR) is 14.9 cm³/mol. The molecule has 0 aromatic heterocycles. The summed E-state index contributed by atoms with van der Waals surface area (Å²) >= 11 is 2.97. The molecule has 0 saturated carbocycles. The van der Waals surface area contributed by atoms with Gasteiger partial charge >= 0.3 is 42.2 Å². The van der Waals surface area contributed by atoms with Crippen LogP contribution in [0.5, 0.6) is 0 Å². The molecular formula is C2H3FeNO2+. The Morgan fingerprint density at radius 3 is 2.50 bits per heavy atom. The van der Waals surface area contributed by atoms with Gasteiger partial charge in [-0.05, 0) is 0 Å². The van der Waals surface area contributed by atoms with E-state index in [4.69, 9.17) is 5.11 Å². The Labute approximate surface area is 43.0 Å². The van der Waals surface area contributed by atoms with Crippen molar-refractivity contribution in [2.24, 2.45) is 3.96 Å². The minimum absolute atomic E-state index is 0.194. The summed E-state index contributed by atoms with van der Waals surface area (Å²) in [5, 5.41) is 7.78. The van der Waals surface area contributed by atoms with Gasteiger partial charge in [0, 0.05) is 0 Å². The third kappa shape index (κ3) is 3.79. The molecule has 0 bridgehead atoms. The third-order valence-electron chi connectivity index (χ3n) is 0.191. The molecule has 0 aliphatic carbocycles. The van der Waals surface area contributed by atoms with Gasteiger partial charge in [0.15, 0.2) is 0 Å². The Morgan fingerprint density at radius 2 is 2.50 bits per heavy atom. The van der Waals surface area contributed by atoms with E-state index in [0.29, 0.717) is 0 Å². The summed E-state index contributed by atoms with van der Waals surface area (Å²) in [5.41, 5.74) is 0. The van der Waals surface area contributed by atoms with Crippen LogP contribution in [-0.2, 0) is 20.6 Å². The van der Waals surface area contributed by atoms with Crippen molar-refractivity contribution in [1.82, 2.24) is 0 Å². The second-order valence-electron chi connectivity index (χ2n) is 0.664. The first-order valence-corrected chi connectivity index (χ1v) is 1.75. The molecule has 0 aromatic carbocycles. The molecule has 0 aliphatic heterocycles. The van der Waals surface area contributed by atoms with E-state index in [1.54, 1.807) is 0 Å². The van der Waals surface area contributed by atoms with Crippen LogP contribution in [0.3, 0.4) is 0 Å². The first-order chi connectivity index (χ1) is 2.77. The van der Waals surface area contributed by atoms with Crippen LogP contribution < -0.4 is 0 Å². The van der Waals surface area contributed by atoms with Gasteiger partial charge in [-0.2, -0.15) is 0 Å². The van der Waals surface area contributed by atoms with E-state index < -0.39 is 5.97 Å². The summed E-state index contributed by atoms with van der Waals surface area (Å²) in [6.45, 7) is -0.194. The molecule has 0 atom stereocenters. The van der Waals surface area contributed by atoms with Crippen LogP contribution in [0.25, 0.3) is 0 Å². The van der Waals surface area contributed by atoms with Gasteiger partial charge in [0.2, 0.25) is 0 Å². The fourth-order valence-electron chi connectivity index (χ4n) is 0.0478. The van der Waals surface area contributed by atoms with Crippen LogP contribution in [0.1, 0.15) is 0 Å². The average Bonchev–Trinajstić information content (AvgIpc) is 1.35. The van der Waals surface area contributed by atoms with Crippen molar-refractivity contribution in [3.05, 3.63) is 0 Å². The first kappa shape index (κ1) is 5.79. The van der Waals surface area contributed by atoms with Crippen LogP contribution in [0.2, 0.25) is 0 Å². The predicted octanol–water partition coefficient (Wildman–Crippen LogP) is -0.199. The summed E-state index contributed by atoms with van der Waals surface area (Å²) in [5.74, 6) is -0.940. The molecule has 0 fully saturated rings. The third-order valence-corrected chi connectivity index (χ3v) is 0.366. The summed E-state index contributed by atoms with van der Waals surface area (Å²) in [7, 11) is 0. The molecule has 0 aromatic rings. The molecule has 0 unspecified atom stereocenters. The van der Waals surface area contributed by atoms with Gasteiger partial charge in [0.25, 0.3) is 0 Å². The number of carboxylic acids is 1. The number of carbonyl (C=O) groups is 1. The van der Waals surface area contributed by atoms with E-state index in [1.807, 2.05) is 0 Å². The summed E-state index contributed by atoms with van der Waals surface area (Å²) in [4.78, 5) is 9.47. The number of nitrogens with zero attached hydrogens (tertiary/aromatic N) is 1. The Bertz CT molecular complexity index is 71.9. The van der Waals surface area contributed by atoms with Gasteiger partial charge in [-0.15, -0.1) is 0 Å². The molecule has 0 radical (unpaired) electrons. The summed E-state index contributed by atoms with van der Waals surface area (Å²) in [6, 6.07) is 0. The molecule has 3 nitrogen and oxygen atoms in total. The van der Waals surface area contributed by atoms with Crippen molar-refractivity contribution < 1.29 is 25.7 Å². The van der Waals surface area contributed by atoms with Crippen LogP contribution in [0.4, 0.5) is 0 Å². The maximum absolute atomic E-state index is 9.47. The second-order valence-corrected chi connectivity index (χ2v) is 1.01. The molecule has 35 valence electrons. The van der Waals surface area contributed by atoms with Gasteiger partial charge in [-0.3, -0.25) is 0 Å². The molecule has 0 rings (SSSR count). The molecule has 4 heteroatoms. The summed E-state index contributed by atoms with van der Waals surface area (Å²) in [6.07, 6.45) is 0. The fourth-order valence-corrected chi connectivity index (χ4v) is 0.197. The first-order valence-electron chi connectivity index (χ1n) is 1.26. The van der Waals surface area contributed by atoms with Crippen molar-refractivity contribution in [2.75, 3.05) is 6.54 Å². The Hall–Kier alpha value is -0.211. The van der Waals surface area contributed by atoms with E-state index in [0.717, 1.165) is 0 Å². The monoisotopic (exact) mass is 129 g/mol. The van der Waals surface area contributed by atoms with E-state index >= 15 is 0 Å². The molecule has 1 N–H and O–H groups in total. The van der Waals surface area contributed by atoms with Gasteiger partial charge in [0.05, 0.1) is 0 Å². The Morgan fingerprint density at radius 1 is 2.00 bits per heavy atom. The van der Waals surface area contributed by atoms with Crippen LogP contribution in [-0.4, -0.2) is 17.6 Å². The zero-order valence-corrected chi connectivity index (χ0v) is 3.97. The SMILES string of the molecule is O=C(O)C[N]=[Fe+]. The molecule has 6 heavy (non-hydrogen) atoms. The van der Waals surface area contributed by atoms with Gasteiger partial charge in [0.1, 0.15) is 0 Å². The van der Waals surface area contributed by atoms with Crippen molar-refractivity contribution in [2.45, 2.75) is 0 Å².